The van der Waals surface area contributed by atoms with Crippen molar-refractivity contribution in [3.8, 4) is 33.8 Å². The molecule has 3 aliphatic heterocycles. The lowest BCUT2D eigenvalue weighted by Gasteiger charge is -2.33. The van der Waals surface area contributed by atoms with Crippen LogP contribution in [0.25, 0.3) is 39.3 Å². The molecule has 11 aromatic rings. The Morgan fingerprint density at radius 2 is 0.807 bits per heavy atom. The number of allylic oxidation sites excluding steroid dienone is 1. The fraction of sp³-hybridized carbons (Fsp3) is 0.423. The maximum atomic E-state index is 13.3. The zero-order chi connectivity index (χ0) is 102. The van der Waals surface area contributed by atoms with Gasteiger partial charge in [-0.1, -0.05) is 167 Å². The number of carboxylic acid groups (broad SMARTS) is 1. The molecule has 0 radical (unpaired) electrons. The number of aliphatic carboxylic acids is 1. The Balaban J connectivity index is 0.000000145. The third-order valence-electron chi connectivity index (χ3n) is 27.9. The molecule has 6 saturated carbocycles. The van der Waals surface area contributed by atoms with Gasteiger partial charge in [-0.05, 0) is 308 Å². The van der Waals surface area contributed by atoms with Crippen LogP contribution in [0.3, 0.4) is 0 Å². The van der Waals surface area contributed by atoms with Gasteiger partial charge in [-0.3, -0.25) is 19.2 Å². The number of rotatable bonds is 32. The number of nitrogens with one attached hydrogen (secondary N) is 1. The van der Waals surface area contributed by atoms with Crippen LogP contribution in [-0.2, 0) is 67.4 Å². The summed E-state index contributed by atoms with van der Waals surface area (Å²) in [5, 5.41) is 29.1. The van der Waals surface area contributed by atoms with E-state index in [0.717, 1.165) is 152 Å². The minimum Gasteiger partial charge on any atom is -0.481 e. The normalized spacial score (nSPS) is 20.3. The minimum atomic E-state index is -0.767. The number of carbonyl (C=O) groups excluding carboxylic acids is 4. The van der Waals surface area contributed by atoms with Crippen LogP contribution in [0.4, 0.5) is 24.5 Å². The van der Waals surface area contributed by atoms with E-state index in [2.05, 4.69) is 134 Å². The Bertz CT molecular complexity index is 6350. The maximum Gasteiger partial charge on any atom is 0.331 e. The Hall–Kier alpha value is -8.18. The van der Waals surface area contributed by atoms with E-state index < -0.39 is 17.8 Å². The molecular weight excluding hydrogens is 2290 g/mol. The lowest BCUT2D eigenvalue weighted by atomic mass is 9.97. The van der Waals surface area contributed by atoms with Crippen molar-refractivity contribution in [3.63, 3.8) is 0 Å². The quantitative estimate of drug-likeness (QED) is 0.0131. The Kier molecular flexibility index (Phi) is 40.4. The number of anilines is 2. The van der Waals surface area contributed by atoms with Crippen LogP contribution in [0.15, 0.2) is 191 Å². The van der Waals surface area contributed by atoms with Crippen LogP contribution >= 0.6 is 141 Å². The number of halogens is 13. The van der Waals surface area contributed by atoms with Crippen molar-refractivity contribution in [1.82, 2.24) is 20.8 Å². The van der Waals surface area contributed by atoms with Crippen molar-refractivity contribution in [1.29, 1.82) is 0 Å². The van der Waals surface area contributed by atoms with E-state index in [1.165, 1.54) is 55.1 Å². The van der Waals surface area contributed by atoms with Crippen molar-refractivity contribution in [2.75, 3.05) is 49.3 Å². The van der Waals surface area contributed by atoms with E-state index in [4.69, 9.17) is 117 Å². The van der Waals surface area contributed by atoms with Gasteiger partial charge in [-0.25, -0.2) is 18.0 Å². The summed E-state index contributed by atoms with van der Waals surface area (Å²) in [5.74, 6) is 2.94. The summed E-state index contributed by atoms with van der Waals surface area (Å²) in [6.07, 6.45) is 16.2. The van der Waals surface area contributed by atoms with Gasteiger partial charge in [0.15, 0.2) is 5.78 Å². The van der Waals surface area contributed by atoms with Crippen LogP contribution in [0, 0.1) is 35.2 Å². The first-order chi connectivity index (χ1) is 69.2. The van der Waals surface area contributed by atoms with Crippen LogP contribution in [0.2, 0.25) is 30.1 Å². The molecule has 9 aliphatic rings. The molecule has 772 valence electrons. The highest BCUT2D eigenvalue weighted by molar-refractivity contribution is 14.0. The van der Waals surface area contributed by atoms with Crippen molar-refractivity contribution < 1.29 is 84.2 Å². The Morgan fingerprint density at radius 3 is 1.14 bits per heavy atom. The smallest absolute Gasteiger partial charge is 0.331 e. The lowest BCUT2D eigenvalue weighted by Crippen LogP contribution is -2.38. The molecule has 0 spiro atoms. The summed E-state index contributed by atoms with van der Waals surface area (Å²) in [6, 6.07) is 49.0. The van der Waals surface area contributed by atoms with Crippen LogP contribution in [-0.4, -0.2) is 126 Å². The first kappa shape index (κ1) is 112. The number of ketones is 1. The van der Waals surface area contributed by atoms with Crippen molar-refractivity contribution in [2.24, 2.45) is 17.8 Å². The zero-order valence-electron chi connectivity index (χ0n) is 81.6. The first-order valence-electron chi connectivity index (χ1n) is 49.1. The highest BCUT2D eigenvalue weighted by Crippen LogP contribution is 2.53. The van der Waals surface area contributed by atoms with E-state index in [0.29, 0.717) is 189 Å². The molecule has 6 heterocycles. The molecule has 145 heavy (non-hydrogen) atoms. The lowest BCUT2D eigenvalue weighted by molar-refractivity contribution is -0.144. The highest BCUT2D eigenvalue weighted by Gasteiger charge is 2.49. The molecule has 3 saturated heterocycles. The molecule has 6 aliphatic carbocycles. The number of Topliss-reactive ketones (excluding diaryl/α,β-unsaturated/α-hetero) is 1. The topological polar surface area (TPSA) is 258 Å². The molecule has 0 amide bonds. The van der Waals surface area contributed by atoms with Crippen molar-refractivity contribution in [2.45, 2.75) is 243 Å². The monoisotopic (exact) mass is 2400 g/mol. The molecule has 3 unspecified atom stereocenters. The third-order valence-corrected chi connectivity index (χ3v) is 31.8. The number of aromatic nitrogens is 3. The second-order valence-corrected chi connectivity index (χ2v) is 43.3. The standard InChI is InChI=1S/C31H34Cl2N2O4.C29H30Cl2N2O4.C19H20Cl2N2O2.C12H14BrFO2.C12H12BrFO2.C8H6BrFO.HI/c1-3-37-28(36)13-18(2)19-9-11-22(12-10-19)35-16-21-14-23(35)15-27(21)38-17-24-30(34-39-31(24)20-7-8-20)29-25(32)5-4-6-26(29)33;1-16(11-26(34)35)17-7-9-20(10-8-17)33-14-19-12-21(33)13-25(19)36-15-22-28(32-37-29(22)18-5-6-18)27-23(30)3-2-4-24(27)31;20-14-2-1-3-15(21)17(14)18-13(19(25-23-18)10-4-5-10)9-24-16-7-12-6-11(16)8-22-12;2*1-3-16-12(15)6-8(2)9-4-5-10(13)11(14)7-9;1-5(11)6-2-3-7(9)8(10)4-6;/h4-6,9-12,18,20-21,23,27H,3,7-8,13-17H2,1-2H3;2-4,7-10,16,18-19,21,25H,5-6,11-15H2,1H3,(H,34,35);1-3,10-12,16,22H,4-9H2;4-5,7-8H,3,6H2,1-2H3;4-7H,3H2,1-2H3;2-4H,1H3;1H/t18?,21-,23-,27+;16?,19-,21-,25+;11-,12-,16+;;;;/m000..../s1. The van der Waals surface area contributed by atoms with Gasteiger partial charge in [-0.15, -0.1) is 24.0 Å². The molecular formula is C111H117Br3Cl6F3IN6O15. The van der Waals surface area contributed by atoms with E-state index in [1.807, 2.05) is 75.4 Å². The molecule has 21 nitrogen and oxygen atoms in total. The van der Waals surface area contributed by atoms with E-state index >= 15 is 0 Å². The van der Waals surface area contributed by atoms with Crippen LogP contribution in [0.1, 0.15) is 254 Å². The molecule has 8 aromatic carbocycles. The summed E-state index contributed by atoms with van der Waals surface area (Å²) < 4.78 is 91.9. The number of ether oxygens (including phenoxy) is 6. The number of carbonyl (C=O) groups is 5. The van der Waals surface area contributed by atoms with Crippen LogP contribution in [0.5, 0.6) is 0 Å². The number of esters is 3. The van der Waals surface area contributed by atoms with Gasteiger partial charge in [0.2, 0.25) is 0 Å². The van der Waals surface area contributed by atoms with Gasteiger partial charge in [0.1, 0.15) is 51.8 Å². The largest absolute Gasteiger partial charge is 0.481 e. The Labute approximate surface area is 915 Å². The number of hydrogen-bond donors (Lipinski definition) is 2. The average Bonchev–Trinajstić information content (AvgIpc) is 1.62. The molecule has 12 atom stereocenters. The van der Waals surface area contributed by atoms with Gasteiger partial charge in [0, 0.05) is 124 Å². The molecule has 34 heteroatoms. The molecule has 2 N–H and O–H groups in total. The van der Waals surface area contributed by atoms with E-state index in [-0.39, 0.29) is 96.1 Å². The number of piperidine rings is 3. The van der Waals surface area contributed by atoms with Gasteiger partial charge < -0.3 is 62.2 Å². The molecule has 3 aromatic heterocycles. The summed E-state index contributed by atoms with van der Waals surface area (Å²) in [6.45, 7) is 19.9. The van der Waals surface area contributed by atoms with E-state index in [9.17, 15) is 37.1 Å². The second-order valence-electron chi connectivity index (χ2n) is 38.3. The number of hydrogen-bond acceptors (Lipinski definition) is 20. The number of benzene rings is 8. The number of nitrogens with zero attached hydrogens (tertiary/aromatic N) is 5. The average molecular weight is 2410 g/mol. The van der Waals surface area contributed by atoms with Crippen LogP contribution < -0.4 is 15.1 Å². The molecule has 20 rings (SSSR count). The SMILES string of the molecule is CC(=O)c1ccc(Br)c(F)c1.CC(CC(=O)O)c1ccc(N2C[C@@H]3C[C@H]2C[C@H]3OCc2c(-c3c(Cl)cccc3Cl)noc2C2CC2)cc1.CCOC(=O)C=C(C)c1ccc(Br)c(F)c1.CCOC(=O)CC(C)c1ccc(Br)c(F)c1.CCOC(=O)CC(C)c1ccc(N2C[C@@H]3C[C@H]2C[C@H]3OCc2c(-c3c(Cl)cccc3Cl)noc2C2CC2)cc1.Clc1cccc(Cl)c1-c1noc(C2CC2)c1CO[C@@H]1C[C@@H]2C[C@H]1CN2.I. The fourth-order valence-electron chi connectivity index (χ4n) is 19.8. The third kappa shape index (κ3) is 29.0. The molecule has 9 fully saturated rings. The molecule has 6 bridgehead atoms. The van der Waals surface area contributed by atoms with Gasteiger partial charge >= 0.3 is 23.9 Å². The summed E-state index contributed by atoms with van der Waals surface area (Å²) in [4.78, 5) is 61.0. The second kappa shape index (κ2) is 52.0. The number of carboxylic acids is 1. The summed E-state index contributed by atoms with van der Waals surface area (Å²) >= 11 is 48.0. The fourth-order valence-corrected chi connectivity index (χ4v) is 22.3. The van der Waals surface area contributed by atoms with Gasteiger partial charge in [0.05, 0.1) is 121 Å². The van der Waals surface area contributed by atoms with Crippen molar-refractivity contribution in [3.05, 3.63) is 287 Å². The minimum absolute atomic E-state index is 0. The zero-order valence-corrected chi connectivity index (χ0v) is 93.2. The maximum absolute atomic E-state index is 13.3. The van der Waals surface area contributed by atoms with Gasteiger partial charge in [-0.2, -0.15) is 0 Å². The predicted octanol–water partition coefficient (Wildman–Crippen LogP) is 30.5. The summed E-state index contributed by atoms with van der Waals surface area (Å²) in [7, 11) is 0. The summed E-state index contributed by atoms with van der Waals surface area (Å²) in [5.41, 5.74) is 14.5. The highest BCUT2D eigenvalue weighted by atomic mass is 127. The van der Waals surface area contributed by atoms with Crippen molar-refractivity contribution >= 4 is 188 Å². The first-order valence-corrected chi connectivity index (χ1v) is 53.7. The number of fused-ring (bicyclic) bond motifs is 6. The predicted molar refractivity (Wildman–Crippen MR) is 581 cm³/mol. The van der Waals surface area contributed by atoms with E-state index in [1.54, 1.807) is 51.1 Å². The Morgan fingerprint density at radius 1 is 0.455 bits per heavy atom. The van der Waals surface area contributed by atoms with Gasteiger partial charge in [0.25, 0.3) is 0 Å².